The smallest absolute Gasteiger partial charge is 0.308 e. The van der Waals surface area contributed by atoms with Crippen LogP contribution in [-0.4, -0.2) is 24.1 Å². The Balaban J connectivity index is 2.17. The van der Waals surface area contributed by atoms with Crippen LogP contribution in [0, 0.1) is 17.8 Å². The number of rotatable bonds is 1. The summed E-state index contributed by atoms with van der Waals surface area (Å²) < 4.78 is 10.6. The fourth-order valence-electron chi connectivity index (χ4n) is 3.12. The third kappa shape index (κ3) is 1.70. The number of hydrogen-bond acceptors (Lipinski definition) is 4. The van der Waals surface area contributed by atoms with Gasteiger partial charge in [0, 0.05) is 12.8 Å². The number of carbonyl (C=O) groups excluding carboxylic acids is 2. The van der Waals surface area contributed by atoms with E-state index in [1.54, 1.807) is 0 Å². The van der Waals surface area contributed by atoms with E-state index < -0.39 is 5.60 Å². The largest absolute Gasteiger partial charge is 0.465 e. The number of ether oxygens (including phenoxy) is 2. The molecule has 0 aromatic heterocycles. The quantitative estimate of drug-likeness (QED) is 0.636. The van der Waals surface area contributed by atoms with Crippen molar-refractivity contribution in [2.45, 2.75) is 39.2 Å². The molecule has 2 rings (SSSR count). The third-order valence-electron chi connectivity index (χ3n) is 4.07. The van der Waals surface area contributed by atoms with Crippen LogP contribution in [0.1, 0.15) is 33.6 Å². The van der Waals surface area contributed by atoms with E-state index in [1.807, 2.05) is 13.8 Å². The van der Waals surface area contributed by atoms with Crippen LogP contribution in [0.15, 0.2) is 0 Å². The summed E-state index contributed by atoms with van der Waals surface area (Å²) in [5.74, 6) is 0.00635. The lowest BCUT2D eigenvalue weighted by molar-refractivity contribution is -0.174. The molecule has 1 heterocycles. The van der Waals surface area contributed by atoms with E-state index in [9.17, 15) is 9.59 Å². The summed E-state index contributed by atoms with van der Waals surface area (Å²) >= 11 is 0. The van der Waals surface area contributed by atoms with Crippen molar-refractivity contribution in [3.63, 3.8) is 0 Å². The molecule has 2 aliphatic rings. The van der Waals surface area contributed by atoms with E-state index in [-0.39, 0.29) is 23.8 Å². The summed E-state index contributed by atoms with van der Waals surface area (Å²) in [7, 11) is 0. The van der Waals surface area contributed by atoms with Crippen molar-refractivity contribution in [2.24, 2.45) is 17.8 Å². The first-order valence-electron chi connectivity index (χ1n) is 5.80. The number of esters is 2. The molecule has 0 bridgehead atoms. The van der Waals surface area contributed by atoms with Gasteiger partial charge in [0.25, 0.3) is 0 Å². The van der Waals surface area contributed by atoms with Crippen LogP contribution in [0.5, 0.6) is 0 Å². The maximum atomic E-state index is 11.4. The summed E-state index contributed by atoms with van der Waals surface area (Å²) in [5, 5.41) is 0. The molecule has 0 radical (unpaired) electrons. The van der Waals surface area contributed by atoms with Crippen LogP contribution in [0.2, 0.25) is 0 Å². The Hall–Kier alpha value is -1.06. The zero-order valence-corrected chi connectivity index (χ0v) is 9.99. The summed E-state index contributed by atoms with van der Waals surface area (Å²) in [4.78, 5) is 22.5. The standard InChI is InChI=1S/C12H18O4/c1-7-9-4-5-12(3,16-8(2)13)10(9)6-15-11(7)14/h7,9-10H,4-6H2,1-3H3/t7?,9-,10+,12+/m1/s1. The topological polar surface area (TPSA) is 52.6 Å². The molecule has 1 unspecified atom stereocenters. The normalized spacial score (nSPS) is 42.4. The van der Waals surface area contributed by atoms with Gasteiger partial charge in [-0.05, 0) is 25.7 Å². The zero-order chi connectivity index (χ0) is 11.9. The molecule has 16 heavy (non-hydrogen) atoms. The second-order valence-corrected chi connectivity index (χ2v) is 5.13. The van der Waals surface area contributed by atoms with Crippen molar-refractivity contribution in [3.8, 4) is 0 Å². The van der Waals surface area contributed by atoms with Crippen LogP contribution in [0.25, 0.3) is 0 Å². The first kappa shape index (κ1) is 11.4. The highest BCUT2D eigenvalue weighted by Crippen LogP contribution is 2.48. The predicted octanol–water partition coefficient (Wildman–Crippen LogP) is 1.53. The molecule has 0 aromatic carbocycles. The van der Waals surface area contributed by atoms with Crippen LogP contribution < -0.4 is 0 Å². The minimum Gasteiger partial charge on any atom is -0.465 e. The highest BCUT2D eigenvalue weighted by atomic mass is 16.6. The second-order valence-electron chi connectivity index (χ2n) is 5.13. The molecule has 1 aliphatic heterocycles. The summed E-state index contributed by atoms with van der Waals surface area (Å²) in [5.41, 5.74) is -0.453. The Kier molecular flexibility index (Phi) is 2.68. The van der Waals surface area contributed by atoms with Gasteiger partial charge < -0.3 is 9.47 Å². The minimum absolute atomic E-state index is 0.0730. The van der Waals surface area contributed by atoms with Gasteiger partial charge >= 0.3 is 11.9 Å². The van der Waals surface area contributed by atoms with E-state index in [2.05, 4.69) is 0 Å². The first-order valence-corrected chi connectivity index (χ1v) is 5.80. The monoisotopic (exact) mass is 226 g/mol. The Morgan fingerprint density at radius 1 is 1.56 bits per heavy atom. The van der Waals surface area contributed by atoms with E-state index >= 15 is 0 Å². The van der Waals surface area contributed by atoms with Crippen LogP contribution >= 0.6 is 0 Å². The van der Waals surface area contributed by atoms with E-state index in [4.69, 9.17) is 9.47 Å². The molecule has 1 saturated carbocycles. The Bertz CT molecular complexity index is 325. The van der Waals surface area contributed by atoms with E-state index in [0.717, 1.165) is 12.8 Å². The zero-order valence-electron chi connectivity index (χ0n) is 9.99. The van der Waals surface area contributed by atoms with Crippen molar-refractivity contribution < 1.29 is 19.1 Å². The van der Waals surface area contributed by atoms with E-state index in [1.165, 1.54) is 6.92 Å². The molecule has 1 aliphatic carbocycles. The van der Waals surface area contributed by atoms with Gasteiger partial charge in [-0.25, -0.2) is 0 Å². The predicted molar refractivity (Wildman–Crippen MR) is 56.5 cm³/mol. The Morgan fingerprint density at radius 3 is 2.88 bits per heavy atom. The summed E-state index contributed by atoms with van der Waals surface area (Å²) in [6.07, 6.45) is 1.76. The van der Waals surface area contributed by atoms with Gasteiger partial charge in [0.15, 0.2) is 0 Å². The van der Waals surface area contributed by atoms with Gasteiger partial charge in [0.1, 0.15) is 5.60 Å². The fraction of sp³-hybridized carbons (Fsp3) is 0.833. The molecule has 0 aromatic rings. The maximum Gasteiger partial charge on any atom is 0.308 e. The minimum atomic E-state index is -0.453. The van der Waals surface area contributed by atoms with Crippen molar-refractivity contribution >= 4 is 11.9 Å². The van der Waals surface area contributed by atoms with Crippen LogP contribution in [0.3, 0.4) is 0 Å². The Morgan fingerprint density at radius 2 is 2.25 bits per heavy atom. The maximum absolute atomic E-state index is 11.4. The molecular weight excluding hydrogens is 208 g/mol. The van der Waals surface area contributed by atoms with Crippen LogP contribution in [-0.2, 0) is 19.1 Å². The first-order chi connectivity index (χ1) is 7.44. The lowest BCUT2D eigenvalue weighted by atomic mass is 9.79. The van der Waals surface area contributed by atoms with Gasteiger partial charge in [-0.2, -0.15) is 0 Å². The van der Waals surface area contributed by atoms with Gasteiger partial charge in [-0.3, -0.25) is 9.59 Å². The second kappa shape index (κ2) is 3.75. The van der Waals surface area contributed by atoms with E-state index in [0.29, 0.717) is 12.5 Å². The van der Waals surface area contributed by atoms with Crippen molar-refractivity contribution in [3.05, 3.63) is 0 Å². The van der Waals surface area contributed by atoms with Crippen molar-refractivity contribution in [2.75, 3.05) is 6.61 Å². The molecule has 4 nitrogen and oxygen atoms in total. The van der Waals surface area contributed by atoms with Gasteiger partial charge in [0.2, 0.25) is 0 Å². The van der Waals surface area contributed by atoms with Crippen molar-refractivity contribution in [1.29, 1.82) is 0 Å². The SMILES string of the molecule is CC(=O)O[C@@]1(C)CC[C@@H]2C(C)C(=O)OC[C@@H]21. The number of carbonyl (C=O) groups is 2. The molecule has 0 spiro atoms. The lowest BCUT2D eigenvalue weighted by Gasteiger charge is -2.37. The van der Waals surface area contributed by atoms with Crippen LogP contribution in [0.4, 0.5) is 0 Å². The van der Waals surface area contributed by atoms with Gasteiger partial charge in [-0.1, -0.05) is 6.92 Å². The molecule has 0 amide bonds. The number of hydrogen-bond donors (Lipinski definition) is 0. The summed E-state index contributed by atoms with van der Waals surface area (Å²) in [6, 6.07) is 0. The number of fused-ring (bicyclic) bond motifs is 1. The fourth-order valence-corrected chi connectivity index (χ4v) is 3.12. The lowest BCUT2D eigenvalue weighted by Crippen LogP contribution is -2.45. The molecule has 2 fully saturated rings. The average molecular weight is 226 g/mol. The molecule has 90 valence electrons. The molecule has 4 atom stereocenters. The highest BCUT2D eigenvalue weighted by Gasteiger charge is 2.53. The third-order valence-corrected chi connectivity index (χ3v) is 4.07. The highest BCUT2D eigenvalue weighted by molar-refractivity contribution is 5.73. The van der Waals surface area contributed by atoms with Gasteiger partial charge in [-0.15, -0.1) is 0 Å². The number of cyclic esters (lactones) is 1. The Labute approximate surface area is 95.3 Å². The average Bonchev–Trinajstić information content (AvgIpc) is 2.49. The van der Waals surface area contributed by atoms with Crippen molar-refractivity contribution in [1.82, 2.24) is 0 Å². The summed E-state index contributed by atoms with van der Waals surface area (Å²) in [6.45, 7) is 5.66. The molecule has 4 heteroatoms. The molecule has 0 N–H and O–H groups in total. The van der Waals surface area contributed by atoms with Gasteiger partial charge in [0.05, 0.1) is 12.5 Å². The molecular formula is C12H18O4. The molecule has 1 saturated heterocycles.